The molecule has 4 fully saturated rings. The molecule has 12 rings (SSSR count). The second-order valence-electron chi connectivity index (χ2n) is 22.4. The number of hydrogen-bond donors (Lipinski definition) is 0. The number of aromatic nitrogens is 2. The lowest BCUT2D eigenvalue weighted by molar-refractivity contribution is 0.0598. The van der Waals surface area contributed by atoms with E-state index in [1.807, 2.05) is 0 Å². The minimum Gasteiger partial charge on any atom is -0.252 e. The maximum Gasteiger partial charge on any atom is 0.0705 e. The summed E-state index contributed by atoms with van der Waals surface area (Å²) in [6.45, 7) is 9.75. The molecule has 4 saturated carbocycles. The van der Waals surface area contributed by atoms with Gasteiger partial charge in [0.05, 0.1) is 22.8 Å². The fourth-order valence-electron chi connectivity index (χ4n) is 15.2. The van der Waals surface area contributed by atoms with E-state index in [9.17, 15) is 0 Å². The number of hydrogen-bond acceptors (Lipinski definition) is 2. The quantitative estimate of drug-likeness (QED) is 0.167. The average molecular weight is 827 g/mol. The average Bonchev–Trinajstić information content (AvgIpc) is 3.94. The molecule has 63 heavy (non-hydrogen) atoms. The van der Waals surface area contributed by atoms with Crippen molar-refractivity contribution >= 4 is 0 Å². The van der Waals surface area contributed by atoms with Crippen LogP contribution in [-0.4, -0.2) is 9.97 Å². The van der Waals surface area contributed by atoms with Crippen molar-refractivity contribution in [2.75, 3.05) is 0 Å². The van der Waals surface area contributed by atoms with Crippen LogP contribution >= 0.6 is 0 Å². The van der Waals surface area contributed by atoms with E-state index in [1.165, 1.54) is 112 Å². The minimum absolute atomic E-state index is 0.391. The van der Waals surface area contributed by atoms with Crippen LogP contribution in [0.2, 0.25) is 0 Å². The van der Waals surface area contributed by atoms with E-state index < -0.39 is 5.41 Å². The Morgan fingerprint density at radius 2 is 0.873 bits per heavy atom. The molecule has 0 N–H and O–H groups in total. The number of fused-ring (bicyclic) bond motifs is 10. The Labute approximate surface area is 377 Å². The van der Waals surface area contributed by atoms with Crippen LogP contribution in [0.15, 0.2) is 121 Å². The third kappa shape index (κ3) is 6.70. The zero-order valence-electron chi connectivity index (χ0n) is 38.3. The van der Waals surface area contributed by atoms with Crippen LogP contribution in [-0.2, 0) is 18.3 Å². The molecule has 2 heteroatoms. The molecule has 0 amide bonds. The van der Waals surface area contributed by atoms with Crippen molar-refractivity contribution in [1.29, 1.82) is 0 Å². The van der Waals surface area contributed by atoms with Gasteiger partial charge in [-0.1, -0.05) is 112 Å². The molecule has 0 bridgehead atoms. The highest BCUT2D eigenvalue weighted by atomic mass is 14.8. The van der Waals surface area contributed by atoms with Crippen molar-refractivity contribution in [3.63, 3.8) is 0 Å². The van der Waals surface area contributed by atoms with Crippen LogP contribution in [0.5, 0.6) is 0 Å². The fraction of sp³-hybridized carbons (Fsp3) is 0.443. The summed E-state index contributed by atoms with van der Waals surface area (Å²) in [5.74, 6) is 5.16. The minimum atomic E-state index is -0.391. The van der Waals surface area contributed by atoms with Crippen molar-refractivity contribution < 1.29 is 0 Å². The third-order valence-corrected chi connectivity index (χ3v) is 18.8. The van der Waals surface area contributed by atoms with E-state index in [1.54, 1.807) is 22.3 Å². The highest BCUT2D eigenvalue weighted by Gasteiger charge is 2.51. The first-order valence-electron chi connectivity index (χ1n) is 25.1. The van der Waals surface area contributed by atoms with E-state index >= 15 is 0 Å². The Hall–Kier alpha value is -4.82. The van der Waals surface area contributed by atoms with Gasteiger partial charge in [-0.3, -0.25) is 9.97 Å². The second kappa shape index (κ2) is 15.1. The number of rotatable bonds is 6. The summed E-state index contributed by atoms with van der Waals surface area (Å²) < 4.78 is 0. The van der Waals surface area contributed by atoms with E-state index in [0.717, 1.165) is 69.4 Å². The van der Waals surface area contributed by atoms with Gasteiger partial charge in [-0.2, -0.15) is 0 Å². The van der Waals surface area contributed by atoms with Gasteiger partial charge in [0.15, 0.2) is 0 Å². The molecule has 2 heterocycles. The lowest BCUT2D eigenvalue weighted by atomic mass is 9.56. The summed E-state index contributed by atoms with van der Waals surface area (Å²) in [7, 11) is 0. The van der Waals surface area contributed by atoms with E-state index in [-0.39, 0.29) is 0 Å². The van der Waals surface area contributed by atoms with Crippen molar-refractivity contribution in [2.24, 2.45) is 34.5 Å². The molecule has 0 aliphatic heterocycles. The lowest BCUT2D eigenvalue weighted by Gasteiger charge is -2.49. The first kappa shape index (κ1) is 39.7. The highest BCUT2D eigenvalue weighted by Crippen LogP contribution is 2.62. The maximum absolute atomic E-state index is 5.37. The van der Waals surface area contributed by atoms with Crippen molar-refractivity contribution in [3.8, 4) is 44.8 Å². The smallest absolute Gasteiger partial charge is 0.0705 e. The van der Waals surface area contributed by atoms with Crippen LogP contribution in [0, 0.1) is 34.5 Å². The van der Waals surface area contributed by atoms with Crippen LogP contribution in [0.25, 0.3) is 44.8 Å². The monoisotopic (exact) mass is 827 g/mol. The van der Waals surface area contributed by atoms with Gasteiger partial charge in [0.25, 0.3) is 0 Å². The molecule has 8 atom stereocenters. The molecule has 4 aromatic carbocycles. The summed E-state index contributed by atoms with van der Waals surface area (Å²) >= 11 is 0. The molecule has 0 radical (unpaired) electrons. The highest BCUT2D eigenvalue weighted by molar-refractivity contribution is 5.74. The van der Waals surface area contributed by atoms with Crippen LogP contribution in [0.4, 0.5) is 0 Å². The topological polar surface area (TPSA) is 25.8 Å². The Bertz CT molecular complexity index is 2540. The van der Waals surface area contributed by atoms with Crippen LogP contribution in [0.3, 0.4) is 0 Å². The van der Waals surface area contributed by atoms with E-state index in [4.69, 9.17) is 9.97 Å². The largest absolute Gasteiger partial charge is 0.252 e. The molecule has 2 aromatic heterocycles. The molecule has 0 saturated heterocycles. The van der Waals surface area contributed by atoms with Gasteiger partial charge < -0.3 is 0 Å². The SMILES string of the molecule is CC(C)(c1cccc(-c2cccc(-c3ccc4c(c3)CC[C@@H]3[C@@H]4CC[C@]4(C)CCC[C@@H]34)c2)n1)c1cccc(-c2cccc(-c3ccc4c(c3)CC[C@@H]3[C@@H]4CC[C@]4(C)CCC[C@@H]34)c2)n1. The number of nitrogens with zero attached hydrogens (tertiary/aromatic N) is 2. The zero-order chi connectivity index (χ0) is 42.5. The van der Waals surface area contributed by atoms with Gasteiger partial charge in [-0.25, -0.2) is 0 Å². The summed E-state index contributed by atoms with van der Waals surface area (Å²) in [6, 6.07) is 46.0. The number of aryl methyl sites for hydroxylation is 2. The van der Waals surface area contributed by atoms with Gasteiger partial charge in [-0.05, 0) is 218 Å². The van der Waals surface area contributed by atoms with E-state index in [2.05, 4.69) is 149 Å². The summed E-state index contributed by atoms with van der Waals surface area (Å²) in [6.07, 6.45) is 19.5. The van der Waals surface area contributed by atoms with Crippen molar-refractivity contribution in [1.82, 2.24) is 9.97 Å². The molecule has 6 aromatic rings. The van der Waals surface area contributed by atoms with Gasteiger partial charge in [0.2, 0.25) is 0 Å². The second-order valence-corrected chi connectivity index (χ2v) is 22.4. The number of benzene rings is 4. The molecular formula is C61H66N2. The molecule has 320 valence electrons. The standard InChI is InChI=1S/C61H66N2/c1-59(2,57-19-7-17-55(62-57)45-13-5-11-39(37-45)41-21-25-47-43(35-41)23-27-51-49(47)29-33-60(3)31-9-15-53(51)60)58-20-8-18-56(63-58)46-14-6-12-40(38-46)42-22-26-48-44(36-42)24-28-52-50(48)30-34-61(4)32-10-16-54(52)61/h5-8,11-14,17-22,25-26,35-38,49-54H,9-10,15-16,23-24,27-34H2,1-4H3/t49-,50-,51-,52-,53+,54+,60+,61+/m1/s1. The van der Waals surface area contributed by atoms with Gasteiger partial charge in [0, 0.05) is 16.5 Å². The van der Waals surface area contributed by atoms with Crippen LogP contribution in [0.1, 0.15) is 150 Å². The summed E-state index contributed by atoms with van der Waals surface area (Å²) in [4.78, 5) is 10.7. The molecular weight excluding hydrogens is 761 g/mol. The predicted molar refractivity (Wildman–Crippen MR) is 261 cm³/mol. The Kier molecular flexibility index (Phi) is 9.55. The summed E-state index contributed by atoms with van der Waals surface area (Å²) in [5, 5.41) is 0. The fourth-order valence-corrected chi connectivity index (χ4v) is 15.2. The Morgan fingerprint density at radius 3 is 1.35 bits per heavy atom. The molecule has 6 aliphatic rings. The first-order chi connectivity index (χ1) is 30.6. The first-order valence-corrected chi connectivity index (χ1v) is 25.1. The van der Waals surface area contributed by atoms with Crippen molar-refractivity contribution in [3.05, 3.63) is 155 Å². The molecule has 6 aliphatic carbocycles. The Morgan fingerprint density at radius 1 is 0.444 bits per heavy atom. The van der Waals surface area contributed by atoms with Crippen LogP contribution < -0.4 is 0 Å². The van der Waals surface area contributed by atoms with Crippen molar-refractivity contribution in [2.45, 2.75) is 135 Å². The third-order valence-electron chi connectivity index (χ3n) is 18.8. The Balaban J connectivity index is 0.779. The molecule has 0 spiro atoms. The zero-order valence-corrected chi connectivity index (χ0v) is 38.3. The van der Waals surface area contributed by atoms with Gasteiger partial charge >= 0.3 is 0 Å². The molecule has 2 nitrogen and oxygen atoms in total. The predicted octanol–water partition coefficient (Wildman–Crippen LogP) is 16.0. The maximum atomic E-state index is 5.37. The summed E-state index contributed by atoms with van der Waals surface area (Å²) in [5.41, 5.74) is 18.9. The normalized spacial score (nSPS) is 29.5. The lowest BCUT2D eigenvalue weighted by Crippen LogP contribution is -2.39. The van der Waals surface area contributed by atoms with Gasteiger partial charge in [0.1, 0.15) is 0 Å². The molecule has 0 unspecified atom stereocenters. The number of pyridine rings is 2. The van der Waals surface area contributed by atoms with Gasteiger partial charge in [-0.15, -0.1) is 0 Å². The van der Waals surface area contributed by atoms with E-state index in [0.29, 0.717) is 10.8 Å².